The summed E-state index contributed by atoms with van der Waals surface area (Å²) in [5, 5.41) is 23.0. The first-order chi connectivity index (χ1) is 16.0. The number of aromatic nitrogens is 2. The van der Waals surface area contributed by atoms with Gasteiger partial charge in [0.2, 0.25) is 5.91 Å². The number of esters is 1. The highest BCUT2D eigenvalue weighted by Gasteiger charge is 2.35. The van der Waals surface area contributed by atoms with E-state index in [1.807, 2.05) is 12.1 Å². The van der Waals surface area contributed by atoms with Crippen molar-refractivity contribution in [1.82, 2.24) is 14.9 Å². The van der Waals surface area contributed by atoms with Crippen LogP contribution in [0.4, 0.5) is 0 Å². The molecule has 10 nitrogen and oxygen atoms in total. The van der Waals surface area contributed by atoms with Crippen LogP contribution in [0.3, 0.4) is 0 Å². The van der Waals surface area contributed by atoms with Gasteiger partial charge in [0.1, 0.15) is 19.0 Å². The molecule has 3 aliphatic heterocycles. The Hall–Kier alpha value is -3.76. The predicted octanol–water partition coefficient (Wildman–Crippen LogP) is 0.0588. The van der Waals surface area contributed by atoms with Crippen molar-refractivity contribution >= 4 is 22.8 Å². The summed E-state index contributed by atoms with van der Waals surface area (Å²) in [4.78, 5) is 41.7. The van der Waals surface area contributed by atoms with Crippen LogP contribution in [0.15, 0.2) is 23.0 Å². The minimum absolute atomic E-state index is 0.146. The Morgan fingerprint density at radius 1 is 1.21 bits per heavy atom. The number of carbonyl (C=O) groups is 2. The van der Waals surface area contributed by atoms with Gasteiger partial charge in [0.05, 0.1) is 35.6 Å². The maximum Gasteiger partial charge on any atom is 0.340 e. The molecule has 5 heterocycles. The fourth-order valence-electron chi connectivity index (χ4n) is 4.83. The van der Waals surface area contributed by atoms with Crippen LogP contribution in [0.5, 0.6) is 5.75 Å². The number of rotatable bonds is 3. The molecule has 1 amide bonds. The van der Waals surface area contributed by atoms with Gasteiger partial charge in [-0.25, -0.2) is 9.78 Å². The third-order valence-corrected chi connectivity index (χ3v) is 6.49. The Morgan fingerprint density at radius 2 is 2.06 bits per heavy atom. The molecule has 0 unspecified atom stereocenters. The number of ether oxygens (including phenoxy) is 2. The molecule has 6 rings (SSSR count). The number of aliphatic hydroxyl groups is 2. The van der Waals surface area contributed by atoms with Crippen molar-refractivity contribution < 1.29 is 29.3 Å². The standard InChI is InChI=1S/C23H19N3O7/c27-8-19(28)24-6-13-11-3-10-1-2-32-18(10)5-16(11)25-20-14(13)7-26-17(20)4-12-15(22(26)30)9-33-23(31)21(12)29/h3-5,21,27,29H,1-2,6-9H2,(H,24,28)/t21-/m0/s1. The van der Waals surface area contributed by atoms with Gasteiger partial charge < -0.3 is 29.6 Å². The fourth-order valence-corrected chi connectivity index (χ4v) is 4.83. The summed E-state index contributed by atoms with van der Waals surface area (Å²) in [6.07, 6.45) is -0.764. The number of fused-ring (bicyclic) bond motifs is 6. The highest BCUT2D eigenvalue weighted by molar-refractivity contribution is 5.91. The summed E-state index contributed by atoms with van der Waals surface area (Å²) < 4.78 is 12.2. The lowest BCUT2D eigenvalue weighted by molar-refractivity contribution is -0.157. The normalized spacial score (nSPS) is 17.6. The molecule has 3 N–H and O–H groups in total. The predicted molar refractivity (Wildman–Crippen MR) is 113 cm³/mol. The molecule has 2 aromatic heterocycles. The number of nitrogens with one attached hydrogen (secondary N) is 1. The number of hydrogen-bond acceptors (Lipinski definition) is 8. The fraction of sp³-hybridized carbons (Fsp3) is 0.304. The number of cyclic esters (lactones) is 1. The van der Waals surface area contributed by atoms with Crippen molar-refractivity contribution in [2.45, 2.75) is 32.2 Å². The van der Waals surface area contributed by atoms with Gasteiger partial charge in [0.15, 0.2) is 6.10 Å². The number of benzene rings is 1. The monoisotopic (exact) mass is 449 g/mol. The zero-order chi connectivity index (χ0) is 22.9. The van der Waals surface area contributed by atoms with Gasteiger partial charge in [-0.3, -0.25) is 9.59 Å². The van der Waals surface area contributed by atoms with E-state index < -0.39 is 24.6 Å². The highest BCUT2D eigenvalue weighted by atomic mass is 16.5. The molecule has 0 aliphatic carbocycles. The Morgan fingerprint density at radius 3 is 2.88 bits per heavy atom. The van der Waals surface area contributed by atoms with Crippen LogP contribution in [0.2, 0.25) is 0 Å². The molecule has 0 spiro atoms. The summed E-state index contributed by atoms with van der Waals surface area (Å²) in [5.74, 6) is -0.559. The summed E-state index contributed by atoms with van der Waals surface area (Å²) in [7, 11) is 0. The Kier molecular flexibility index (Phi) is 4.29. The van der Waals surface area contributed by atoms with Crippen molar-refractivity contribution in [3.05, 3.63) is 56.4 Å². The molecular weight excluding hydrogens is 430 g/mol. The Balaban J connectivity index is 1.59. The number of amides is 1. The SMILES string of the molecule is O=C(CO)NCc1c2c(nc3cc4c(cc13)CCO4)-c1cc3c(c(=O)n1C2)COC(=O)[C@H]3O. The quantitative estimate of drug-likeness (QED) is 0.373. The molecule has 1 aromatic carbocycles. The maximum atomic E-state index is 13.2. The van der Waals surface area contributed by atoms with Gasteiger partial charge in [0.25, 0.3) is 5.56 Å². The minimum atomic E-state index is -1.53. The van der Waals surface area contributed by atoms with Gasteiger partial charge in [-0.2, -0.15) is 0 Å². The van der Waals surface area contributed by atoms with Crippen LogP contribution in [0.1, 0.15) is 33.9 Å². The van der Waals surface area contributed by atoms with Crippen LogP contribution >= 0.6 is 0 Å². The van der Waals surface area contributed by atoms with E-state index in [-0.39, 0.29) is 36.4 Å². The zero-order valence-electron chi connectivity index (χ0n) is 17.4. The molecule has 0 radical (unpaired) electrons. The second-order valence-corrected chi connectivity index (χ2v) is 8.29. The van der Waals surface area contributed by atoms with E-state index in [0.29, 0.717) is 23.5 Å². The van der Waals surface area contributed by atoms with Crippen molar-refractivity contribution in [2.75, 3.05) is 13.2 Å². The molecule has 3 aliphatic rings. The molecule has 33 heavy (non-hydrogen) atoms. The van der Waals surface area contributed by atoms with Crippen molar-refractivity contribution in [2.24, 2.45) is 0 Å². The number of pyridine rings is 2. The van der Waals surface area contributed by atoms with Gasteiger partial charge in [-0.1, -0.05) is 0 Å². The van der Waals surface area contributed by atoms with E-state index in [1.165, 1.54) is 0 Å². The molecule has 10 heteroatoms. The van der Waals surface area contributed by atoms with Gasteiger partial charge in [-0.05, 0) is 23.3 Å². The molecule has 3 aromatic rings. The van der Waals surface area contributed by atoms with Gasteiger partial charge in [0, 0.05) is 35.5 Å². The first-order valence-corrected chi connectivity index (χ1v) is 10.6. The number of aliphatic hydroxyl groups excluding tert-OH is 2. The topological polar surface area (TPSA) is 140 Å². The van der Waals surface area contributed by atoms with E-state index in [9.17, 15) is 19.5 Å². The third kappa shape index (κ3) is 2.87. The molecule has 0 bridgehead atoms. The Bertz CT molecular complexity index is 1440. The maximum absolute atomic E-state index is 13.2. The number of hydrogen-bond donors (Lipinski definition) is 3. The van der Waals surface area contributed by atoms with Crippen LogP contribution in [-0.4, -0.2) is 44.9 Å². The lowest BCUT2D eigenvalue weighted by Crippen LogP contribution is -2.32. The smallest absolute Gasteiger partial charge is 0.340 e. The number of nitrogens with zero attached hydrogens (tertiary/aromatic N) is 2. The minimum Gasteiger partial charge on any atom is -0.493 e. The number of carbonyl (C=O) groups excluding carboxylic acids is 2. The summed E-state index contributed by atoms with van der Waals surface area (Å²) >= 11 is 0. The van der Waals surface area contributed by atoms with Crippen LogP contribution < -0.4 is 15.6 Å². The van der Waals surface area contributed by atoms with Gasteiger partial charge >= 0.3 is 5.97 Å². The second kappa shape index (κ2) is 7.12. The van der Waals surface area contributed by atoms with E-state index in [0.717, 1.165) is 34.2 Å². The van der Waals surface area contributed by atoms with Crippen molar-refractivity contribution in [1.29, 1.82) is 0 Å². The zero-order valence-corrected chi connectivity index (χ0v) is 17.4. The molecule has 0 fully saturated rings. The highest BCUT2D eigenvalue weighted by Crippen LogP contribution is 2.40. The molecule has 0 saturated carbocycles. The van der Waals surface area contributed by atoms with E-state index in [4.69, 9.17) is 19.6 Å². The van der Waals surface area contributed by atoms with E-state index in [1.54, 1.807) is 10.6 Å². The van der Waals surface area contributed by atoms with Crippen LogP contribution in [0, 0.1) is 0 Å². The molecule has 1 atom stereocenters. The lowest BCUT2D eigenvalue weighted by atomic mass is 9.97. The average Bonchev–Trinajstić information content (AvgIpc) is 3.42. The summed E-state index contributed by atoms with van der Waals surface area (Å²) in [6, 6.07) is 5.46. The largest absolute Gasteiger partial charge is 0.493 e. The van der Waals surface area contributed by atoms with Crippen molar-refractivity contribution in [3.8, 4) is 17.1 Å². The summed E-state index contributed by atoms with van der Waals surface area (Å²) in [5.41, 5.74) is 4.38. The Labute approximate surface area is 186 Å². The lowest BCUT2D eigenvalue weighted by Gasteiger charge is -2.21. The van der Waals surface area contributed by atoms with E-state index in [2.05, 4.69) is 5.32 Å². The first kappa shape index (κ1) is 19.9. The third-order valence-electron chi connectivity index (χ3n) is 6.49. The first-order valence-electron chi connectivity index (χ1n) is 10.6. The van der Waals surface area contributed by atoms with Crippen LogP contribution in [0.25, 0.3) is 22.3 Å². The van der Waals surface area contributed by atoms with Crippen LogP contribution in [-0.2, 0) is 40.4 Å². The van der Waals surface area contributed by atoms with Crippen molar-refractivity contribution in [3.63, 3.8) is 0 Å². The van der Waals surface area contributed by atoms with E-state index >= 15 is 0 Å². The average molecular weight is 449 g/mol. The molecular formula is C23H19N3O7. The molecule has 0 saturated heterocycles. The van der Waals surface area contributed by atoms with Gasteiger partial charge in [-0.15, -0.1) is 0 Å². The summed E-state index contributed by atoms with van der Waals surface area (Å²) in [6.45, 7) is 0.126. The molecule has 168 valence electrons. The second-order valence-electron chi connectivity index (χ2n) is 8.29.